The van der Waals surface area contributed by atoms with Gasteiger partial charge in [-0.1, -0.05) is 0 Å². The molecule has 0 aliphatic carbocycles. The highest BCUT2D eigenvalue weighted by atomic mass is 19.1. The van der Waals surface area contributed by atoms with Gasteiger partial charge in [-0.25, -0.2) is 13.6 Å². The zero-order chi connectivity index (χ0) is 14.0. The maximum Gasteiger partial charge on any atom is 0.335 e. The van der Waals surface area contributed by atoms with Crippen LogP contribution in [0, 0.1) is 11.6 Å². The Kier molecular flexibility index (Phi) is 3.46. The van der Waals surface area contributed by atoms with Gasteiger partial charge >= 0.3 is 5.97 Å². The zero-order valence-corrected chi connectivity index (χ0v) is 9.98. The summed E-state index contributed by atoms with van der Waals surface area (Å²) in [6.07, 6.45) is 0. The van der Waals surface area contributed by atoms with Crippen LogP contribution in [0.4, 0.5) is 8.78 Å². The average Bonchev–Trinajstić information content (AvgIpc) is 2.36. The van der Waals surface area contributed by atoms with E-state index in [9.17, 15) is 13.6 Å². The van der Waals surface area contributed by atoms with E-state index in [1.54, 1.807) is 0 Å². The molecule has 3 nitrogen and oxygen atoms in total. The first-order valence-electron chi connectivity index (χ1n) is 5.39. The number of ether oxygens (including phenoxy) is 1. The fourth-order valence-electron chi connectivity index (χ4n) is 1.78. The van der Waals surface area contributed by atoms with Crippen LogP contribution in [0.25, 0.3) is 11.1 Å². The van der Waals surface area contributed by atoms with E-state index in [1.165, 1.54) is 25.3 Å². The van der Waals surface area contributed by atoms with Gasteiger partial charge in [0.15, 0.2) is 0 Å². The molecule has 0 spiro atoms. The molecule has 2 rings (SSSR count). The van der Waals surface area contributed by atoms with Crippen molar-refractivity contribution in [1.82, 2.24) is 0 Å². The van der Waals surface area contributed by atoms with Gasteiger partial charge in [0.2, 0.25) is 0 Å². The van der Waals surface area contributed by atoms with Crippen LogP contribution in [0.2, 0.25) is 0 Å². The third-order valence-corrected chi connectivity index (χ3v) is 2.62. The summed E-state index contributed by atoms with van der Waals surface area (Å²) in [6.45, 7) is 0. The van der Waals surface area contributed by atoms with Crippen LogP contribution >= 0.6 is 0 Å². The Labute approximate surface area is 108 Å². The third-order valence-electron chi connectivity index (χ3n) is 2.62. The highest BCUT2D eigenvalue weighted by molar-refractivity contribution is 5.90. The normalized spacial score (nSPS) is 10.3. The van der Waals surface area contributed by atoms with Crippen molar-refractivity contribution in [2.24, 2.45) is 0 Å². The van der Waals surface area contributed by atoms with E-state index in [0.717, 1.165) is 18.2 Å². The van der Waals surface area contributed by atoms with E-state index in [-0.39, 0.29) is 11.1 Å². The number of hydrogen-bond donors (Lipinski definition) is 1. The first-order chi connectivity index (χ1) is 9.01. The molecular weight excluding hydrogens is 254 g/mol. The second-order valence-corrected chi connectivity index (χ2v) is 3.88. The lowest BCUT2D eigenvalue weighted by Gasteiger charge is -2.10. The molecule has 19 heavy (non-hydrogen) atoms. The second kappa shape index (κ2) is 5.06. The van der Waals surface area contributed by atoms with Crippen molar-refractivity contribution < 1.29 is 23.4 Å². The van der Waals surface area contributed by atoms with Crippen molar-refractivity contribution in [3.05, 3.63) is 53.6 Å². The molecule has 0 saturated heterocycles. The van der Waals surface area contributed by atoms with Gasteiger partial charge < -0.3 is 9.84 Å². The van der Waals surface area contributed by atoms with Crippen LogP contribution in [-0.2, 0) is 0 Å². The number of rotatable bonds is 3. The molecule has 0 saturated carbocycles. The number of methoxy groups -OCH3 is 1. The monoisotopic (exact) mass is 264 g/mol. The molecule has 0 aromatic heterocycles. The number of carbonyl (C=O) groups is 1. The SMILES string of the molecule is COc1ccc(C(=O)O)cc1-c1cc(F)cc(F)c1. The molecule has 98 valence electrons. The molecule has 2 aromatic carbocycles. The highest BCUT2D eigenvalue weighted by Gasteiger charge is 2.12. The Morgan fingerprint density at radius 1 is 1.11 bits per heavy atom. The zero-order valence-electron chi connectivity index (χ0n) is 9.98. The molecule has 0 atom stereocenters. The fourth-order valence-corrected chi connectivity index (χ4v) is 1.78. The van der Waals surface area contributed by atoms with Crippen LogP contribution in [0.15, 0.2) is 36.4 Å². The molecule has 2 aromatic rings. The van der Waals surface area contributed by atoms with E-state index in [4.69, 9.17) is 9.84 Å². The van der Waals surface area contributed by atoms with Crippen molar-refractivity contribution >= 4 is 5.97 Å². The first-order valence-corrected chi connectivity index (χ1v) is 5.39. The molecule has 0 aliphatic heterocycles. The van der Waals surface area contributed by atoms with Crippen LogP contribution in [0.3, 0.4) is 0 Å². The van der Waals surface area contributed by atoms with E-state index >= 15 is 0 Å². The largest absolute Gasteiger partial charge is 0.496 e. The lowest BCUT2D eigenvalue weighted by atomic mass is 10.0. The number of benzene rings is 2. The van der Waals surface area contributed by atoms with Gasteiger partial charge in [0, 0.05) is 11.6 Å². The predicted molar refractivity (Wildman–Crippen MR) is 65.3 cm³/mol. The van der Waals surface area contributed by atoms with Crippen LogP contribution in [-0.4, -0.2) is 18.2 Å². The third kappa shape index (κ3) is 2.70. The molecule has 0 heterocycles. The van der Waals surface area contributed by atoms with Crippen molar-refractivity contribution in [1.29, 1.82) is 0 Å². The molecular formula is C14H10F2O3. The molecule has 0 bridgehead atoms. The molecule has 0 unspecified atom stereocenters. The Morgan fingerprint density at radius 2 is 1.74 bits per heavy atom. The minimum Gasteiger partial charge on any atom is -0.496 e. The second-order valence-electron chi connectivity index (χ2n) is 3.88. The van der Waals surface area contributed by atoms with Crippen molar-refractivity contribution in [2.75, 3.05) is 7.11 Å². The van der Waals surface area contributed by atoms with E-state index in [1.807, 2.05) is 0 Å². The Morgan fingerprint density at radius 3 is 2.26 bits per heavy atom. The number of carboxylic acids is 1. The minimum absolute atomic E-state index is 0.0143. The Bertz CT molecular complexity index is 618. The smallest absolute Gasteiger partial charge is 0.335 e. The summed E-state index contributed by atoms with van der Waals surface area (Å²) < 4.78 is 31.5. The Hall–Kier alpha value is -2.43. The van der Waals surface area contributed by atoms with Crippen LogP contribution in [0.5, 0.6) is 5.75 Å². The maximum atomic E-state index is 13.2. The van der Waals surface area contributed by atoms with E-state index in [0.29, 0.717) is 11.3 Å². The van der Waals surface area contributed by atoms with Gasteiger partial charge in [-0.15, -0.1) is 0 Å². The van der Waals surface area contributed by atoms with Gasteiger partial charge in [0.25, 0.3) is 0 Å². The van der Waals surface area contributed by atoms with Gasteiger partial charge in [0.1, 0.15) is 17.4 Å². The van der Waals surface area contributed by atoms with Gasteiger partial charge in [-0.05, 0) is 35.9 Å². The summed E-state index contributed by atoms with van der Waals surface area (Å²) in [7, 11) is 1.40. The summed E-state index contributed by atoms with van der Waals surface area (Å²) >= 11 is 0. The number of hydrogen-bond acceptors (Lipinski definition) is 2. The van der Waals surface area contributed by atoms with Crippen LogP contribution in [0.1, 0.15) is 10.4 Å². The molecule has 0 aliphatic rings. The molecule has 0 fully saturated rings. The van der Waals surface area contributed by atoms with Crippen molar-refractivity contribution in [3.8, 4) is 16.9 Å². The maximum absolute atomic E-state index is 13.2. The lowest BCUT2D eigenvalue weighted by Crippen LogP contribution is -1.98. The predicted octanol–water partition coefficient (Wildman–Crippen LogP) is 3.34. The summed E-state index contributed by atoms with van der Waals surface area (Å²) in [4.78, 5) is 10.9. The summed E-state index contributed by atoms with van der Waals surface area (Å²) in [6, 6.07) is 7.10. The van der Waals surface area contributed by atoms with Gasteiger partial charge in [-0.2, -0.15) is 0 Å². The summed E-state index contributed by atoms with van der Waals surface area (Å²) in [5, 5.41) is 8.94. The standard InChI is InChI=1S/C14H10F2O3/c1-19-13-3-2-8(14(17)18)6-12(13)9-4-10(15)7-11(16)5-9/h2-7H,1H3,(H,17,18). The van der Waals surface area contributed by atoms with Crippen LogP contribution < -0.4 is 4.74 Å². The lowest BCUT2D eigenvalue weighted by molar-refractivity contribution is 0.0697. The summed E-state index contributed by atoms with van der Waals surface area (Å²) in [5.74, 6) is -2.26. The number of carboxylic acid groups (broad SMARTS) is 1. The van der Waals surface area contributed by atoms with Gasteiger partial charge in [-0.3, -0.25) is 0 Å². The Balaban J connectivity index is 2.64. The topological polar surface area (TPSA) is 46.5 Å². The fraction of sp³-hybridized carbons (Fsp3) is 0.0714. The summed E-state index contributed by atoms with van der Waals surface area (Å²) in [5.41, 5.74) is 0.554. The molecule has 5 heteroatoms. The van der Waals surface area contributed by atoms with Crippen molar-refractivity contribution in [2.45, 2.75) is 0 Å². The minimum atomic E-state index is -1.12. The number of aromatic carboxylic acids is 1. The molecule has 1 N–H and O–H groups in total. The molecule has 0 radical (unpaired) electrons. The first kappa shape index (κ1) is 13.0. The van der Waals surface area contributed by atoms with E-state index < -0.39 is 17.6 Å². The van der Waals surface area contributed by atoms with Crippen molar-refractivity contribution in [3.63, 3.8) is 0 Å². The van der Waals surface area contributed by atoms with E-state index in [2.05, 4.69) is 0 Å². The quantitative estimate of drug-likeness (QED) is 0.924. The number of halogens is 2. The average molecular weight is 264 g/mol. The highest BCUT2D eigenvalue weighted by Crippen LogP contribution is 2.31. The van der Waals surface area contributed by atoms with Gasteiger partial charge in [0.05, 0.1) is 12.7 Å². The molecule has 0 amide bonds.